The Morgan fingerprint density at radius 3 is 2.57 bits per heavy atom. The first kappa shape index (κ1) is 6.54. The van der Waals surface area contributed by atoms with Crippen molar-refractivity contribution in [3.63, 3.8) is 0 Å². The molecule has 1 nitrogen and oxygen atoms in total. The van der Waals surface area contributed by atoms with E-state index in [9.17, 15) is 0 Å². The first-order valence-corrected chi connectivity index (χ1v) is 2.68. The van der Waals surface area contributed by atoms with Crippen molar-refractivity contribution < 1.29 is 0 Å². The topological polar surface area (TPSA) is 12.0 Å². The summed E-state index contributed by atoms with van der Waals surface area (Å²) >= 11 is 0. The molecule has 0 spiro atoms. The molecule has 1 N–H and O–H groups in total. The van der Waals surface area contributed by atoms with Crippen LogP contribution in [0.3, 0.4) is 0 Å². The number of hydrogen-bond acceptors (Lipinski definition) is 1. The van der Waals surface area contributed by atoms with Gasteiger partial charge in [0.2, 0.25) is 0 Å². The Hall–Kier alpha value is -0.460. The Morgan fingerprint density at radius 2 is 2.43 bits per heavy atom. The summed E-state index contributed by atoms with van der Waals surface area (Å²) in [6.07, 6.45) is 2.89. The normalized spacial score (nSPS) is 12.9. The minimum Gasteiger partial charge on any atom is -0.389 e. The van der Waals surface area contributed by atoms with Crippen LogP contribution in [0.5, 0.6) is 0 Å². The van der Waals surface area contributed by atoms with Crippen molar-refractivity contribution in [1.29, 1.82) is 0 Å². The summed E-state index contributed by atoms with van der Waals surface area (Å²) in [5.74, 6) is 0. The highest BCUT2D eigenvalue weighted by Gasteiger charge is 1.87. The maximum absolute atomic E-state index is 3.54. The molecular formula is C6H13N. The highest BCUT2D eigenvalue weighted by Crippen LogP contribution is 1.84. The van der Waals surface area contributed by atoms with E-state index < -0.39 is 0 Å². The minimum absolute atomic E-state index is 0.581. The molecule has 0 aliphatic rings. The van der Waals surface area contributed by atoms with Gasteiger partial charge >= 0.3 is 0 Å². The van der Waals surface area contributed by atoms with Crippen LogP contribution in [0.4, 0.5) is 0 Å². The van der Waals surface area contributed by atoms with E-state index in [0.717, 1.165) is 6.42 Å². The lowest BCUT2D eigenvalue weighted by Crippen LogP contribution is -2.17. The smallest absolute Gasteiger partial charge is 0.0224 e. The van der Waals surface area contributed by atoms with Gasteiger partial charge in [-0.2, -0.15) is 0 Å². The van der Waals surface area contributed by atoms with Crippen molar-refractivity contribution in [2.75, 3.05) is 0 Å². The number of hydrogen-bond donors (Lipinski definition) is 1. The van der Waals surface area contributed by atoms with Gasteiger partial charge < -0.3 is 5.32 Å². The Balaban J connectivity index is 2.98. The van der Waals surface area contributed by atoms with E-state index in [1.165, 1.54) is 0 Å². The van der Waals surface area contributed by atoms with Crippen molar-refractivity contribution in [1.82, 2.24) is 5.32 Å². The van der Waals surface area contributed by atoms with Gasteiger partial charge in [-0.25, -0.2) is 0 Å². The summed E-state index contributed by atoms with van der Waals surface area (Å²) in [5.41, 5.74) is 0. The van der Waals surface area contributed by atoms with Gasteiger partial charge in [-0.05, 0) is 19.5 Å². The Morgan fingerprint density at radius 1 is 1.86 bits per heavy atom. The second kappa shape index (κ2) is 3.72. The molecule has 7 heavy (non-hydrogen) atoms. The summed E-state index contributed by atoms with van der Waals surface area (Å²) in [5, 5.41) is 3.06. The second-order valence-corrected chi connectivity index (χ2v) is 1.68. The van der Waals surface area contributed by atoms with E-state index in [-0.39, 0.29) is 0 Å². The van der Waals surface area contributed by atoms with Crippen LogP contribution in [0.15, 0.2) is 12.8 Å². The average molecular weight is 99.2 g/mol. The number of rotatable bonds is 3. The molecule has 1 heteroatoms. The molecule has 1 atom stereocenters. The summed E-state index contributed by atoms with van der Waals surface area (Å²) in [6.45, 7) is 7.80. The zero-order valence-electron chi connectivity index (χ0n) is 5.07. The highest BCUT2D eigenvalue weighted by molar-refractivity contribution is 4.67. The largest absolute Gasteiger partial charge is 0.389 e. The first-order valence-electron chi connectivity index (χ1n) is 2.68. The first-order chi connectivity index (χ1) is 3.31. The van der Waals surface area contributed by atoms with Crippen molar-refractivity contribution in [2.45, 2.75) is 26.3 Å². The van der Waals surface area contributed by atoms with Crippen LogP contribution in [0, 0.1) is 0 Å². The third-order valence-electron chi connectivity index (χ3n) is 1.01. The van der Waals surface area contributed by atoms with E-state index in [4.69, 9.17) is 0 Å². The Bertz CT molecular complexity index is 50.1. The predicted molar refractivity (Wildman–Crippen MR) is 33.1 cm³/mol. The molecule has 0 saturated carbocycles. The molecule has 0 aliphatic carbocycles. The van der Waals surface area contributed by atoms with Gasteiger partial charge in [0.1, 0.15) is 0 Å². The monoisotopic (exact) mass is 99.1 g/mol. The molecule has 0 amide bonds. The van der Waals surface area contributed by atoms with Crippen molar-refractivity contribution in [2.24, 2.45) is 0 Å². The fourth-order valence-corrected chi connectivity index (χ4v) is 0.319. The summed E-state index contributed by atoms with van der Waals surface area (Å²) in [7, 11) is 0. The van der Waals surface area contributed by atoms with Crippen molar-refractivity contribution in [3.05, 3.63) is 12.8 Å². The Kier molecular flexibility index (Phi) is 3.48. The van der Waals surface area contributed by atoms with Crippen LogP contribution < -0.4 is 5.32 Å². The van der Waals surface area contributed by atoms with Crippen LogP contribution >= 0.6 is 0 Å². The summed E-state index contributed by atoms with van der Waals surface area (Å²) < 4.78 is 0. The van der Waals surface area contributed by atoms with Crippen LogP contribution in [-0.4, -0.2) is 6.04 Å². The predicted octanol–water partition coefficient (Wildman–Crippen LogP) is 1.52. The van der Waals surface area contributed by atoms with Crippen LogP contribution in [0.1, 0.15) is 20.3 Å². The molecule has 42 valence electrons. The summed E-state index contributed by atoms with van der Waals surface area (Å²) in [4.78, 5) is 0. The maximum Gasteiger partial charge on any atom is 0.0224 e. The molecule has 0 aromatic heterocycles. The zero-order chi connectivity index (χ0) is 5.70. The quantitative estimate of drug-likeness (QED) is 0.565. The maximum atomic E-state index is 3.54. The fraction of sp³-hybridized carbons (Fsp3) is 0.667. The van der Waals surface area contributed by atoms with Crippen LogP contribution in [-0.2, 0) is 0 Å². The number of nitrogens with one attached hydrogen (secondary N) is 1. The molecule has 0 fully saturated rings. The molecule has 0 unspecified atom stereocenters. The highest BCUT2D eigenvalue weighted by atomic mass is 14.9. The van der Waals surface area contributed by atoms with Crippen LogP contribution in [0.2, 0.25) is 0 Å². The van der Waals surface area contributed by atoms with E-state index in [1.54, 1.807) is 6.20 Å². The van der Waals surface area contributed by atoms with E-state index >= 15 is 0 Å². The SMILES string of the molecule is C=CN[C@@H](C)CC. The lowest BCUT2D eigenvalue weighted by molar-refractivity contribution is 0.620. The fourth-order valence-electron chi connectivity index (χ4n) is 0.319. The van der Waals surface area contributed by atoms with Crippen molar-refractivity contribution >= 4 is 0 Å². The van der Waals surface area contributed by atoms with Crippen LogP contribution in [0.25, 0.3) is 0 Å². The molecule has 0 rings (SSSR count). The standard InChI is InChI=1S/C6H13N/c1-4-6(3)7-5-2/h5-7H,2,4H2,1,3H3/t6-/m0/s1. The minimum atomic E-state index is 0.581. The molecule has 0 radical (unpaired) electrons. The summed E-state index contributed by atoms with van der Waals surface area (Å²) in [6, 6.07) is 0.581. The lowest BCUT2D eigenvalue weighted by atomic mass is 10.3. The molecule has 0 aliphatic heterocycles. The van der Waals surface area contributed by atoms with E-state index in [2.05, 4.69) is 25.7 Å². The molecule has 0 aromatic rings. The van der Waals surface area contributed by atoms with Crippen molar-refractivity contribution in [3.8, 4) is 0 Å². The molecular weight excluding hydrogens is 86.1 g/mol. The zero-order valence-corrected chi connectivity index (χ0v) is 5.07. The second-order valence-electron chi connectivity index (χ2n) is 1.68. The van der Waals surface area contributed by atoms with Gasteiger partial charge in [-0.1, -0.05) is 13.5 Å². The molecule has 0 aromatic carbocycles. The third kappa shape index (κ3) is 3.37. The Labute approximate surface area is 45.4 Å². The average Bonchev–Trinajstić information content (AvgIpc) is 1.68. The third-order valence-corrected chi connectivity index (χ3v) is 1.01. The van der Waals surface area contributed by atoms with Gasteiger partial charge in [0.25, 0.3) is 0 Å². The molecule has 0 heterocycles. The van der Waals surface area contributed by atoms with E-state index in [1.807, 2.05) is 0 Å². The van der Waals surface area contributed by atoms with Gasteiger partial charge in [0, 0.05) is 6.04 Å². The van der Waals surface area contributed by atoms with Gasteiger partial charge in [0.05, 0.1) is 0 Å². The van der Waals surface area contributed by atoms with E-state index in [0.29, 0.717) is 6.04 Å². The van der Waals surface area contributed by atoms with Gasteiger partial charge in [0.15, 0.2) is 0 Å². The van der Waals surface area contributed by atoms with Gasteiger partial charge in [-0.3, -0.25) is 0 Å². The molecule has 0 bridgehead atoms. The van der Waals surface area contributed by atoms with Gasteiger partial charge in [-0.15, -0.1) is 0 Å². The molecule has 0 saturated heterocycles. The lowest BCUT2D eigenvalue weighted by Gasteiger charge is -2.05.